The predicted octanol–water partition coefficient (Wildman–Crippen LogP) is 2.82. The molecule has 3 aromatic carbocycles. The largest absolute Gasteiger partial charge is 0.348 e. The Bertz CT molecular complexity index is 1250. The van der Waals surface area contributed by atoms with Gasteiger partial charge < -0.3 is 5.32 Å². The van der Waals surface area contributed by atoms with Gasteiger partial charge in [0.2, 0.25) is 0 Å². The van der Waals surface area contributed by atoms with E-state index in [1.165, 1.54) is 36.4 Å². The third-order valence-corrected chi connectivity index (χ3v) is 6.78. The highest BCUT2D eigenvalue weighted by Gasteiger charge is 2.19. The van der Waals surface area contributed by atoms with Crippen LogP contribution >= 0.6 is 0 Å². The first-order valence-corrected chi connectivity index (χ1v) is 12.3. The van der Waals surface area contributed by atoms with Crippen LogP contribution in [0.5, 0.6) is 0 Å². The number of sulfonamides is 1. The molecule has 0 heterocycles. The van der Waals surface area contributed by atoms with Crippen molar-refractivity contribution >= 4 is 31.5 Å². The monoisotopic (exact) mass is 444 g/mol. The number of para-hydroxylation sites is 1. The van der Waals surface area contributed by atoms with E-state index in [9.17, 15) is 21.6 Å². The first kappa shape index (κ1) is 21.5. The van der Waals surface area contributed by atoms with E-state index in [2.05, 4.69) is 10.0 Å². The highest BCUT2D eigenvalue weighted by molar-refractivity contribution is 7.92. The molecule has 9 heteroatoms. The number of nitrogens with one attached hydrogen (secondary N) is 2. The Morgan fingerprint density at radius 2 is 1.33 bits per heavy atom. The second-order valence-electron chi connectivity index (χ2n) is 6.56. The molecule has 0 saturated heterocycles. The number of rotatable bonds is 7. The fourth-order valence-corrected chi connectivity index (χ4v) is 4.42. The van der Waals surface area contributed by atoms with E-state index in [1.54, 1.807) is 12.1 Å². The molecule has 3 rings (SSSR count). The minimum atomic E-state index is -4.02. The molecular weight excluding hydrogens is 424 g/mol. The summed E-state index contributed by atoms with van der Waals surface area (Å²) in [6.45, 7) is 0.299. The van der Waals surface area contributed by atoms with Crippen LogP contribution in [-0.4, -0.2) is 29.0 Å². The smallest absolute Gasteiger partial charge is 0.261 e. The molecule has 0 aliphatic carbocycles. The highest BCUT2D eigenvalue weighted by Crippen LogP contribution is 2.21. The third kappa shape index (κ3) is 5.25. The molecule has 0 unspecified atom stereocenters. The molecule has 1 amide bonds. The van der Waals surface area contributed by atoms with Gasteiger partial charge in [0.05, 0.1) is 21.0 Å². The third-order valence-electron chi connectivity index (χ3n) is 4.27. The number of amides is 1. The summed E-state index contributed by atoms with van der Waals surface area (Å²) in [6, 6.07) is 20.4. The number of carbonyl (C=O) groups excluding carboxylic acids is 1. The average Bonchev–Trinajstić information content (AvgIpc) is 2.72. The SMILES string of the molecule is CS(=O)(=O)c1ccc(S(=O)(=O)Nc2ccccc2C(=O)NCc2ccccc2)cc1. The van der Waals surface area contributed by atoms with Crippen molar-refractivity contribution in [1.82, 2.24) is 5.32 Å². The van der Waals surface area contributed by atoms with Crippen molar-refractivity contribution in [2.75, 3.05) is 11.0 Å². The van der Waals surface area contributed by atoms with Crippen molar-refractivity contribution in [1.29, 1.82) is 0 Å². The number of benzene rings is 3. The van der Waals surface area contributed by atoms with Gasteiger partial charge >= 0.3 is 0 Å². The molecule has 0 fully saturated rings. The zero-order valence-corrected chi connectivity index (χ0v) is 17.7. The van der Waals surface area contributed by atoms with Crippen molar-refractivity contribution in [2.45, 2.75) is 16.3 Å². The fraction of sp³-hybridized carbons (Fsp3) is 0.0952. The van der Waals surface area contributed by atoms with Crippen LogP contribution in [0.2, 0.25) is 0 Å². The lowest BCUT2D eigenvalue weighted by Crippen LogP contribution is -2.25. The zero-order valence-electron chi connectivity index (χ0n) is 16.1. The Morgan fingerprint density at radius 1 is 0.767 bits per heavy atom. The second-order valence-corrected chi connectivity index (χ2v) is 10.3. The first-order valence-electron chi connectivity index (χ1n) is 8.91. The van der Waals surface area contributed by atoms with Gasteiger partial charge in [-0.1, -0.05) is 42.5 Å². The number of sulfone groups is 1. The lowest BCUT2D eigenvalue weighted by atomic mass is 10.1. The maximum atomic E-state index is 12.7. The van der Waals surface area contributed by atoms with Gasteiger partial charge in [0, 0.05) is 12.8 Å². The van der Waals surface area contributed by atoms with Gasteiger partial charge in [-0.05, 0) is 42.0 Å². The Hall–Kier alpha value is -3.17. The van der Waals surface area contributed by atoms with Crippen molar-refractivity contribution in [3.63, 3.8) is 0 Å². The number of hydrogen-bond donors (Lipinski definition) is 2. The zero-order chi connectivity index (χ0) is 21.8. The summed E-state index contributed by atoms with van der Waals surface area (Å²) >= 11 is 0. The summed E-state index contributed by atoms with van der Waals surface area (Å²) in [6.07, 6.45) is 1.04. The van der Waals surface area contributed by atoms with E-state index in [1.807, 2.05) is 30.3 Å². The Kier molecular flexibility index (Phi) is 6.23. The standard InChI is InChI=1S/C21H20N2O5S2/c1-29(25,26)17-11-13-18(14-12-17)30(27,28)23-20-10-6-5-9-19(20)21(24)22-15-16-7-3-2-4-8-16/h2-14,23H,15H2,1H3,(H,22,24). The van der Waals surface area contributed by atoms with Crippen molar-refractivity contribution in [2.24, 2.45) is 0 Å². The molecule has 30 heavy (non-hydrogen) atoms. The minimum Gasteiger partial charge on any atom is -0.348 e. The fourth-order valence-electron chi connectivity index (χ4n) is 2.71. The van der Waals surface area contributed by atoms with Crippen LogP contribution in [0.1, 0.15) is 15.9 Å². The molecule has 0 aliphatic heterocycles. The number of carbonyl (C=O) groups is 1. The van der Waals surface area contributed by atoms with Gasteiger partial charge in [0.25, 0.3) is 15.9 Å². The van der Waals surface area contributed by atoms with Crippen LogP contribution in [0.3, 0.4) is 0 Å². The van der Waals surface area contributed by atoms with Crippen LogP contribution in [0, 0.1) is 0 Å². The molecule has 2 N–H and O–H groups in total. The van der Waals surface area contributed by atoms with Crippen molar-refractivity contribution in [3.05, 3.63) is 90.0 Å². The molecule has 7 nitrogen and oxygen atoms in total. The van der Waals surface area contributed by atoms with Gasteiger partial charge in [-0.15, -0.1) is 0 Å². The van der Waals surface area contributed by atoms with Crippen LogP contribution < -0.4 is 10.0 Å². The normalized spacial score (nSPS) is 11.6. The lowest BCUT2D eigenvalue weighted by molar-refractivity contribution is 0.0952. The van der Waals surface area contributed by atoms with Gasteiger partial charge in [0.15, 0.2) is 9.84 Å². The van der Waals surface area contributed by atoms with E-state index < -0.39 is 25.8 Å². The highest BCUT2D eigenvalue weighted by atomic mass is 32.2. The molecule has 0 atom stereocenters. The molecule has 3 aromatic rings. The summed E-state index contributed by atoms with van der Waals surface area (Å²) in [5, 5.41) is 2.76. The maximum Gasteiger partial charge on any atom is 0.261 e. The van der Waals surface area contributed by atoms with E-state index in [4.69, 9.17) is 0 Å². The van der Waals surface area contributed by atoms with Gasteiger partial charge in [-0.3, -0.25) is 9.52 Å². The first-order chi connectivity index (χ1) is 14.2. The summed E-state index contributed by atoms with van der Waals surface area (Å²) in [5.41, 5.74) is 1.20. The van der Waals surface area contributed by atoms with Gasteiger partial charge in [-0.2, -0.15) is 0 Å². The Balaban J connectivity index is 1.80. The molecule has 0 spiro atoms. The van der Waals surface area contributed by atoms with E-state index in [0.29, 0.717) is 6.54 Å². The van der Waals surface area contributed by atoms with Gasteiger partial charge in [-0.25, -0.2) is 16.8 Å². The van der Waals surface area contributed by atoms with E-state index in [0.717, 1.165) is 11.8 Å². The molecule has 0 radical (unpaired) electrons. The summed E-state index contributed by atoms with van der Waals surface area (Å²) < 4.78 is 51.0. The number of hydrogen-bond acceptors (Lipinski definition) is 5. The van der Waals surface area contributed by atoms with Crippen LogP contribution in [-0.2, 0) is 26.4 Å². The quantitative estimate of drug-likeness (QED) is 0.582. The van der Waals surface area contributed by atoms with Crippen molar-refractivity contribution < 1.29 is 21.6 Å². The van der Waals surface area contributed by atoms with E-state index in [-0.39, 0.29) is 21.0 Å². The lowest BCUT2D eigenvalue weighted by Gasteiger charge is -2.13. The van der Waals surface area contributed by atoms with Crippen LogP contribution in [0.4, 0.5) is 5.69 Å². The van der Waals surface area contributed by atoms with E-state index >= 15 is 0 Å². The molecule has 0 saturated carbocycles. The second kappa shape index (κ2) is 8.68. The van der Waals surface area contributed by atoms with Crippen molar-refractivity contribution in [3.8, 4) is 0 Å². The summed E-state index contributed by atoms with van der Waals surface area (Å²) in [4.78, 5) is 12.5. The topological polar surface area (TPSA) is 109 Å². The molecule has 0 bridgehead atoms. The summed E-state index contributed by atoms with van der Waals surface area (Å²) in [7, 11) is -7.46. The van der Waals surface area contributed by atoms with Crippen LogP contribution in [0.15, 0.2) is 88.7 Å². The average molecular weight is 445 g/mol. The Labute approximate surface area is 175 Å². The molecule has 156 valence electrons. The van der Waals surface area contributed by atoms with Gasteiger partial charge in [0.1, 0.15) is 0 Å². The summed E-state index contributed by atoms with van der Waals surface area (Å²) in [5.74, 6) is -0.426. The molecular formula is C21H20N2O5S2. The minimum absolute atomic E-state index is 0.0159. The van der Waals surface area contributed by atoms with Crippen LogP contribution in [0.25, 0.3) is 0 Å². The Morgan fingerprint density at radius 3 is 1.97 bits per heavy atom. The maximum absolute atomic E-state index is 12.7. The number of anilines is 1. The predicted molar refractivity (Wildman–Crippen MR) is 114 cm³/mol. The molecule has 0 aromatic heterocycles. The molecule has 0 aliphatic rings.